The second kappa shape index (κ2) is 3.00. The standard InChI is InChI=1S/C10H19NO/c1-10(2)11-9(7-12-10)6-5-8-3-4-8/h8-9,11H,3-7H2,1-2H3/t9-/m0/s1. The van der Waals surface area contributed by atoms with Gasteiger partial charge in [0.25, 0.3) is 0 Å². The lowest BCUT2D eigenvalue weighted by Gasteiger charge is -2.17. The van der Waals surface area contributed by atoms with Gasteiger partial charge in [-0.2, -0.15) is 0 Å². The molecule has 0 amide bonds. The van der Waals surface area contributed by atoms with E-state index in [1.807, 2.05) is 0 Å². The largest absolute Gasteiger partial charge is 0.360 e. The van der Waals surface area contributed by atoms with Crippen molar-refractivity contribution in [3.8, 4) is 0 Å². The quantitative estimate of drug-likeness (QED) is 0.696. The predicted octanol–water partition coefficient (Wildman–Crippen LogP) is 1.90. The molecule has 0 aromatic carbocycles. The Morgan fingerprint density at radius 1 is 1.33 bits per heavy atom. The van der Waals surface area contributed by atoms with Crippen LogP contribution >= 0.6 is 0 Å². The average molecular weight is 169 g/mol. The Bertz CT molecular complexity index is 163. The molecule has 1 heterocycles. The molecule has 0 radical (unpaired) electrons. The first-order valence-corrected chi connectivity index (χ1v) is 5.07. The van der Waals surface area contributed by atoms with E-state index >= 15 is 0 Å². The Labute approximate surface area is 74.7 Å². The fourth-order valence-corrected chi connectivity index (χ4v) is 1.88. The highest BCUT2D eigenvalue weighted by Gasteiger charge is 2.31. The summed E-state index contributed by atoms with van der Waals surface area (Å²) in [6.07, 6.45) is 5.64. The van der Waals surface area contributed by atoms with Crippen LogP contribution in [0.25, 0.3) is 0 Å². The van der Waals surface area contributed by atoms with Crippen LogP contribution in [0.2, 0.25) is 0 Å². The van der Waals surface area contributed by atoms with E-state index in [-0.39, 0.29) is 5.72 Å². The summed E-state index contributed by atoms with van der Waals surface area (Å²) < 4.78 is 5.59. The highest BCUT2D eigenvalue weighted by atomic mass is 16.5. The van der Waals surface area contributed by atoms with Crippen LogP contribution in [-0.4, -0.2) is 18.4 Å². The number of ether oxygens (including phenoxy) is 1. The number of hydrogen-bond acceptors (Lipinski definition) is 2. The van der Waals surface area contributed by atoms with Crippen molar-refractivity contribution in [3.05, 3.63) is 0 Å². The molecule has 12 heavy (non-hydrogen) atoms. The summed E-state index contributed by atoms with van der Waals surface area (Å²) in [5, 5.41) is 3.49. The van der Waals surface area contributed by atoms with Gasteiger partial charge < -0.3 is 4.74 Å². The Morgan fingerprint density at radius 2 is 2.08 bits per heavy atom. The third-order valence-corrected chi connectivity index (χ3v) is 2.82. The highest BCUT2D eigenvalue weighted by molar-refractivity contribution is 4.84. The van der Waals surface area contributed by atoms with E-state index < -0.39 is 0 Å². The molecule has 1 aliphatic heterocycles. The SMILES string of the molecule is CC1(C)N[C@@H](CCC2CC2)CO1. The monoisotopic (exact) mass is 169 g/mol. The van der Waals surface area contributed by atoms with Crippen LogP contribution in [-0.2, 0) is 4.74 Å². The van der Waals surface area contributed by atoms with Crippen molar-refractivity contribution in [2.75, 3.05) is 6.61 Å². The van der Waals surface area contributed by atoms with Crippen LogP contribution in [0, 0.1) is 5.92 Å². The van der Waals surface area contributed by atoms with Gasteiger partial charge >= 0.3 is 0 Å². The molecule has 2 heteroatoms. The van der Waals surface area contributed by atoms with Crippen LogP contribution in [0.15, 0.2) is 0 Å². The van der Waals surface area contributed by atoms with E-state index in [0.717, 1.165) is 12.5 Å². The Hall–Kier alpha value is -0.0800. The van der Waals surface area contributed by atoms with E-state index in [9.17, 15) is 0 Å². The molecule has 1 saturated heterocycles. The summed E-state index contributed by atoms with van der Waals surface area (Å²) >= 11 is 0. The van der Waals surface area contributed by atoms with E-state index in [1.165, 1.54) is 25.7 Å². The molecule has 2 nitrogen and oxygen atoms in total. The molecule has 1 saturated carbocycles. The Kier molecular flexibility index (Phi) is 2.13. The van der Waals surface area contributed by atoms with Crippen LogP contribution < -0.4 is 5.32 Å². The lowest BCUT2D eigenvalue weighted by atomic mass is 10.1. The smallest absolute Gasteiger partial charge is 0.113 e. The second-order valence-electron chi connectivity index (χ2n) is 4.68. The zero-order valence-electron chi connectivity index (χ0n) is 8.10. The van der Waals surface area contributed by atoms with Gasteiger partial charge in [0, 0.05) is 6.04 Å². The van der Waals surface area contributed by atoms with Crippen LogP contribution in [0.5, 0.6) is 0 Å². The molecule has 0 aromatic rings. The minimum absolute atomic E-state index is 0.0752. The minimum atomic E-state index is -0.0752. The van der Waals surface area contributed by atoms with Crippen LogP contribution in [0.1, 0.15) is 39.5 Å². The van der Waals surface area contributed by atoms with Crippen molar-refractivity contribution in [3.63, 3.8) is 0 Å². The summed E-state index contributed by atoms with van der Waals surface area (Å²) in [5.41, 5.74) is -0.0752. The van der Waals surface area contributed by atoms with Gasteiger partial charge in [-0.3, -0.25) is 5.32 Å². The van der Waals surface area contributed by atoms with Gasteiger partial charge in [-0.15, -0.1) is 0 Å². The molecule has 0 bridgehead atoms. The van der Waals surface area contributed by atoms with E-state index in [4.69, 9.17) is 4.74 Å². The van der Waals surface area contributed by atoms with Gasteiger partial charge in [-0.25, -0.2) is 0 Å². The maximum absolute atomic E-state index is 5.59. The molecule has 0 unspecified atom stereocenters. The van der Waals surface area contributed by atoms with Crippen molar-refractivity contribution in [2.24, 2.45) is 5.92 Å². The van der Waals surface area contributed by atoms with Gasteiger partial charge in [-0.05, 0) is 32.6 Å². The van der Waals surface area contributed by atoms with E-state index in [1.54, 1.807) is 0 Å². The van der Waals surface area contributed by atoms with E-state index in [2.05, 4.69) is 19.2 Å². The first kappa shape index (κ1) is 8.52. The number of rotatable bonds is 3. The third kappa shape index (κ3) is 2.20. The third-order valence-electron chi connectivity index (χ3n) is 2.82. The predicted molar refractivity (Wildman–Crippen MR) is 48.9 cm³/mol. The molecule has 0 aromatic heterocycles. The van der Waals surface area contributed by atoms with Crippen molar-refractivity contribution in [2.45, 2.75) is 51.3 Å². The summed E-state index contributed by atoms with van der Waals surface area (Å²) in [5.74, 6) is 1.05. The summed E-state index contributed by atoms with van der Waals surface area (Å²) in [4.78, 5) is 0. The average Bonchev–Trinajstić information content (AvgIpc) is 2.74. The topological polar surface area (TPSA) is 21.3 Å². The molecule has 1 N–H and O–H groups in total. The van der Waals surface area contributed by atoms with Gasteiger partial charge in [0.15, 0.2) is 0 Å². The Morgan fingerprint density at radius 3 is 2.58 bits per heavy atom. The van der Waals surface area contributed by atoms with E-state index in [0.29, 0.717) is 6.04 Å². The zero-order valence-corrected chi connectivity index (χ0v) is 8.10. The first-order chi connectivity index (χ1) is 5.66. The molecule has 2 fully saturated rings. The molecule has 0 spiro atoms. The summed E-state index contributed by atoms with van der Waals surface area (Å²) in [6, 6.07) is 0.612. The minimum Gasteiger partial charge on any atom is -0.360 e. The van der Waals surface area contributed by atoms with Crippen LogP contribution in [0.4, 0.5) is 0 Å². The summed E-state index contributed by atoms with van der Waals surface area (Å²) in [7, 11) is 0. The maximum atomic E-state index is 5.59. The molecule has 2 rings (SSSR count). The maximum Gasteiger partial charge on any atom is 0.113 e. The summed E-state index contributed by atoms with van der Waals surface area (Å²) in [6.45, 7) is 5.11. The highest BCUT2D eigenvalue weighted by Crippen LogP contribution is 2.34. The van der Waals surface area contributed by atoms with Gasteiger partial charge in [0.1, 0.15) is 5.72 Å². The number of hydrogen-bond donors (Lipinski definition) is 1. The lowest BCUT2D eigenvalue weighted by molar-refractivity contribution is 0.0231. The second-order valence-corrected chi connectivity index (χ2v) is 4.68. The number of nitrogens with one attached hydrogen (secondary N) is 1. The molecule has 1 atom stereocenters. The van der Waals surface area contributed by atoms with Gasteiger partial charge in [-0.1, -0.05) is 12.8 Å². The molecule has 70 valence electrons. The van der Waals surface area contributed by atoms with Crippen molar-refractivity contribution < 1.29 is 4.74 Å². The van der Waals surface area contributed by atoms with Crippen molar-refractivity contribution in [1.29, 1.82) is 0 Å². The zero-order chi connectivity index (χ0) is 8.60. The lowest BCUT2D eigenvalue weighted by Crippen LogP contribution is -2.38. The normalized spacial score (nSPS) is 34.0. The molecule has 1 aliphatic carbocycles. The molecular weight excluding hydrogens is 150 g/mol. The van der Waals surface area contributed by atoms with Crippen molar-refractivity contribution >= 4 is 0 Å². The molecule has 2 aliphatic rings. The fraction of sp³-hybridized carbons (Fsp3) is 1.00. The van der Waals surface area contributed by atoms with Crippen molar-refractivity contribution in [1.82, 2.24) is 5.32 Å². The molecular formula is C10H19NO. The fourth-order valence-electron chi connectivity index (χ4n) is 1.88. The van der Waals surface area contributed by atoms with Crippen LogP contribution in [0.3, 0.4) is 0 Å². The Balaban J connectivity index is 1.68. The van der Waals surface area contributed by atoms with Gasteiger partial charge in [0.2, 0.25) is 0 Å². The van der Waals surface area contributed by atoms with Gasteiger partial charge in [0.05, 0.1) is 6.61 Å². The first-order valence-electron chi connectivity index (χ1n) is 5.07.